The van der Waals surface area contributed by atoms with Gasteiger partial charge >= 0.3 is 0 Å². The molecule has 0 saturated heterocycles. The molecular weight excluding hydrogens is 1110 g/mol. The second-order valence-electron chi connectivity index (χ2n) is 27.5. The van der Waals surface area contributed by atoms with E-state index in [1.807, 2.05) is 24.3 Å². The molecule has 424 valence electrons. The third kappa shape index (κ3) is 10.5. The van der Waals surface area contributed by atoms with Gasteiger partial charge in [-0.2, -0.15) is 10.5 Å². The van der Waals surface area contributed by atoms with Crippen molar-refractivity contribution < 1.29 is 0 Å². The second-order valence-corrected chi connectivity index (χ2v) is 47.7. The molecule has 0 spiro atoms. The summed E-state index contributed by atoms with van der Waals surface area (Å²) in [5, 5.41) is 27.9. The van der Waals surface area contributed by atoms with Crippen LogP contribution in [0.25, 0.3) is 44.5 Å². The maximum atomic E-state index is 11.1. The average Bonchev–Trinajstić information content (AvgIpc) is 0.800. The van der Waals surface area contributed by atoms with Crippen molar-refractivity contribution in [1.82, 2.24) is 0 Å². The quantitative estimate of drug-likeness (QED) is 0.102. The number of rotatable bonds is 14. The molecule has 0 N–H and O–H groups in total. The first-order valence-electron chi connectivity index (χ1n) is 30.4. The molecule has 86 heavy (non-hydrogen) atoms. The molecular formula is C78H76N4Si4. The van der Waals surface area contributed by atoms with Crippen molar-refractivity contribution in [1.29, 1.82) is 10.5 Å². The number of hydrogen-bond acceptors (Lipinski definition) is 4. The lowest BCUT2D eigenvalue weighted by molar-refractivity contribution is 0.773. The van der Waals surface area contributed by atoms with Gasteiger partial charge in [-0.15, -0.1) is 0 Å². The first kappa shape index (κ1) is 57.8. The predicted molar refractivity (Wildman–Crippen MR) is 378 cm³/mol. The Morgan fingerprint density at radius 1 is 0.384 bits per heavy atom. The maximum absolute atomic E-state index is 11.1. The molecule has 12 rings (SSSR count). The Morgan fingerprint density at radius 3 is 1.35 bits per heavy atom. The van der Waals surface area contributed by atoms with Gasteiger partial charge in [-0.3, -0.25) is 0 Å². The van der Waals surface area contributed by atoms with Crippen LogP contribution in [-0.4, -0.2) is 38.3 Å². The molecule has 0 fully saturated rings. The molecule has 4 aliphatic rings. The standard InChI is InChI=1S/C78H76N4Si4/c1-83(2,3)73-33-21-15-27-59(73)55-41-47-71(65(49-55)61-29-17-23-35-75(61)85(7,8)9)81(67-31-19-13-25-57(67)51-79)69-45-39-53-38-44-64-70(46-40-54-37-43-63(69)77(53)78(54)64)82(68-32-20-14-26-58(68)52-80)72-48-42-56(60-28-16-22-34-74(60)84(4,5)6)50-66(72)62-30-18-24-36-76(62)86(10,11)12/h13-50,69,78H,1-12H3. The zero-order valence-corrected chi connectivity index (χ0v) is 55.9. The molecule has 8 aromatic rings. The van der Waals surface area contributed by atoms with Crippen LogP contribution in [0.5, 0.6) is 0 Å². The van der Waals surface area contributed by atoms with Crippen LogP contribution in [0.2, 0.25) is 78.6 Å². The summed E-state index contributed by atoms with van der Waals surface area (Å²) in [4.78, 5) is 4.87. The predicted octanol–water partition coefficient (Wildman–Crippen LogP) is 18.4. The van der Waals surface area contributed by atoms with Gasteiger partial charge in [0, 0.05) is 22.7 Å². The molecule has 2 atom stereocenters. The molecule has 0 amide bonds. The number of benzene rings is 8. The Labute approximate surface area is 515 Å². The van der Waals surface area contributed by atoms with Crippen molar-refractivity contribution in [2.45, 2.75) is 84.6 Å². The number of nitriles is 2. The van der Waals surface area contributed by atoms with Gasteiger partial charge in [0.15, 0.2) is 0 Å². The van der Waals surface area contributed by atoms with Crippen molar-refractivity contribution in [2.75, 3.05) is 9.80 Å². The summed E-state index contributed by atoms with van der Waals surface area (Å²) in [6.45, 7) is 29.3. The molecule has 0 radical (unpaired) electrons. The van der Waals surface area contributed by atoms with Crippen molar-refractivity contribution in [2.24, 2.45) is 5.92 Å². The highest BCUT2D eigenvalue weighted by Gasteiger charge is 2.42. The minimum Gasteiger partial charge on any atom is -0.329 e. The second kappa shape index (κ2) is 22.3. The van der Waals surface area contributed by atoms with Crippen LogP contribution in [0.4, 0.5) is 22.7 Å². The van der Waals surface area contributed by atoms with E-state index in [2.05, 4.69) is 307 Å². The number of para-hydroxylation sites is 2. The highest BCUT2D eigenvalue weighted by Crippen LogP contribution is 2.54. The van der Waals surface area contributed by atoms with Crippen molar-refractivity contribution in [3.05, 3.63) is 275 Å². The summed E-state index contributed by atoms with van der Waals surface area (Å²) in [5.74, 6) is -0.125. The van der Waals surface area contributed by atoms with E-state index in [4.69, 9.17) is 0 Å². The van der Waals surface area contributed by atoms with E-state index in [-0.39, 0.29) is 12.0 Å². The van der Waals surface area contributed by atoms with Crippen molar-refractivity contribution in [3.63, 3.8) is 0 Å². The molecule has 0 saturated carbocycles. The monoisotopic (exact) mass is 1180 g/mol. The Bertz CT molecular complexity index is 4390. The van der Waals surface area contributed by atoms with E-state index in [0.717, 1.165) is 39.6 Å². The zero-order chi connectivity index (χ0) is 60.5. The topological polar surface area (TPSA) is 54.1 Å². The van der Waals surface area contributed by atoms with Gasteiger partial charge in [-0.25, -0.2) is 0 Å². The highest BCUT2D eigenvalue weighted by atomic mass is 28.3. The average molecular weight is 1180 g/mol. The number of anilines is 4. The fraction of sp³-hybridized carbons (Fsp3) is 0.179. The third-order valence-electron chi connectivity index (χ3n) is 17.7. The number of allylic oxidation sites excluding steroid dienone is 10. The Morgan fingerprint density at radius 2 is 0.826 bits per heavy atom. The molecule has 4 nitrogen and oxygen atoms in total. The first-order chi connectivity index (χ1) is 41.1. The van der Waals surface area contributed by atoms with Gasteiger partial charge in [0.25, 0.3) is 0 Å². The van der Waals surface area contributed by atoms with Crippen LogP contribution in [0.1, 0.15) is 11.1 Å². The molecule has 0 bridgehead atoms. The van der Waals surface area contributed by atoms with Crippen LogP contribution in [-0.2, 0) is 0 Å². The normalized spacial score (nSPS) is 16.3. The number of hydrogen-bond donors (Lipinski definition) is 0. The van der Waals surface area contributed by atoms with Crippen LogP contribution < -0.4 is 30.5 Å². The fourth-order valence-electron chi connectivity index (χ4n) is 13.7. The van der Waals surface area contributed by atoms with Gasteiger partial charge < -0.3 is 9.80 Å². The molecule has 8 heteroatoms. The van der Waals surface area contributed by atoms with E-state index in [0.29, 0.717) is 11.1 Å². The van der Waals surface area contributed by atoms with Gasteiger partial charge in [0.1, 0.15) is 12.1 Å². The summed E-state index contributed by atoms with van der Waals surface area (Å²) in [6, 6.07) is 71.6. The third-order valence-corrected chi connectivity index (χ3v) is 25.9. The molecule has 0 aromatic heterocycles. The molecule has 0 heterocycles. The van der Waals surface area contributed by atoms with Gasteiger partial charge in [-0.1, -0.05) is 275 Å². The van der Waals surface area contributed by atoms with Crippen LogP contribution in [0.15, 0.2) is 264 Å². The maximum Gasteiger partial charge on any atom is 0.101 e. The Balaban J connectivity index is 1.07. The van der Waals surface area contributed by atoms with Gasteiger partial charge in [0.05, 0.1) is 72.2 Å². The molecule has 0 aliphatic heterocycles. The molecule has 4 aliphatic carbocycles. The first-order valence-corrected chi connectivity index (χ1v) is 44.4. The minimum atomic E-state index is -1.93. The van der Waals surface area contributed by atoms with Crippen LogP contribution in [0, 0.1) is 28.6 Å². The lowest BCUT2D eigenvalue weighted by atomic mass is 9.67. The summed E-state index contributed by atoms with van der Waals surface area (Å²) in [7, 11) is -7.39. The zero-order valence-electron chi connectivity index (χ0n) is 51.9. The lowest BCUT2D eigenvalue weighted by Crippen LogP contribution is -2.40. The van der Waals surface area contributed by atoms with E-state index < -0.39 is 32.3 Å². The van der Waals surface area contributed by atoms with E-state index in [1.165, 1.54) is 82.0 Å². The van der Waals surface area contributed by atoms with E-state index >= 15 is 0 Å². The number of nitrogens with zero attached hydrogens (tertiary/aromatic N) is 4. The summed E-state index contributed by atoms with van der Waals surface area (Å²) in [6.07, 6.45) is 18.6. The van der Waals surface area contributed by atoms with Gasteiger partial charge in [0.2, 0.25) is 0 Å². The minimum absolute atomic E-state index is 0.125. The largest absolute Gasteiger partial charge is 0.329 e. The Hall–Kier alpha value is -8.61. The van der Waals surface area contributed by atoms with E-state index in [1.54, 1.807) is 0 Å². The van der Waals surface area contributed by atoms with Crippen LogP contribution >= 0.6 is 0 Å². The summed E-state index contributed by atoms with van der Waals surface area (Å²) < 4.78 is 0. The van der Waals surface area contributed by atoms with E-state index in [9.17, 15) is 10.5 Å². The smallest absolute Gasteiger partial charge is 0.101 e. The Kier molecular flexibility index (Phi) is 15.0. The highest BCUT2D eigenvalue weighted by molar-refractivity contribution is 6.91. The van der Waals surface area contributed by atoms with Gasteiger partial charge in [-0.05, 0) is 116 Å². The summed E-state index contributed by atoms with van der Waals surface area (Å²) >= 11 is 0. The lowest BCUT2D eigenvalue weighted by Gasteiger charge is -2.44. The molecule has 8 aromatic carbocycles. The summed E-state index contributed by atoms with van der Waals surface area (Å²) in [5.41, 5.74) is 21.7. The van der Waals surface area contributed by atoms with Crippen LogP contribution in [0.3, 0.4) is 0 Å². The fourth-order valence-corrected chi connectivity index (χ4v) is 20.2. The molecule has 2 unspecified atom stereocenters. The SMILES string of the molecule is C[Si](C)(C)c1ccccc1-c1ccc(N(C2=C3C=CC4=C5C(=CC=C(C=C2)C35)C(N(c2ccccc2C#N)c2ccc(-c3ccccc3[Si](C)(C)C)cc2-c2ccccc2[Si](C)(C)C)C=C4)c2ccccc2C#N)c(-c2ccccc2[Si](C)(C)C)c1. The van der Waals surface area contributed by atoms with Crippen molar-refractivity contribution >= 4 is 75.8 Å². The van der Waals surface area contributed by atoms with Crippen molar-refractivity contribution in [3.8, 4) is 56.6 Å².